The van der Waals surface area contributed by atoms with E-state index in [1.165, 1.54) is 0 Å². The van der Waals surface area contributed by atoms with E-state index < -0.39 is 0 Å². The molecular formula is C15H23N3O. The molecule has 1 aromatic rings. The first kappa shape index (κ1) is 12.7. The molecular weight excluding hydrogens is 238 g/mol. The van der Waals surface area contributed by atoms with E-state index in [0.717, 1.165) is 50.4 Å². The molecule has 1 aromatic heterocycles. The minimum atomic E-state index is 0.0976. The zero-order valence-electron chi connectivity index (χ0n) is 11.6. The molecule has 1 aliphatic carbocycles. The first-order valence-corrected chi connectivity index (χ1v) is 7.42. The maximum Gasteiger partial charge on any atom is 0.268 e. The quantitative estimate of drug-likeness (QED) is 0.873. The van der Waals surface area contributed by atoms with E-state index in [1.54, 1.807) is 0 Å². The minimum Gasteiger partial charge on any atom is -0.348 e. The Balaban J connectivity index is 1.66. The van der Waals surface area contributed by atoms with Crippen LogP contribution in [0.4, 0.5) is 0 Å². The summed E-state index contributed by atoms with van der Waals surface area (Å²) in [6.07, 6.45) is 6.51. The molecule has 0 spiro atoms. The van der Waals surface area contributed by atoms with Crippen molar-refractivity contribution in [2.45, 2.75) is 44.7 Å². The number of carbonyl (C=O) groups excluding carboxylic acids is 1. The molecule has 2 N–H and O–H groups in total. The number of hydrogen-bond acceptors (Lipinski definition) is 2. The van der Waals surface area contributed by atoms with Gasteiger partial charge in [0.25, 0.3) is 5.91 Å². The lowest BCUT2D eigenvalue weighted by Crippen LogP contribution is -2.44. The first-order valence-electron chi connectivity index (χ1n) is 7.42. The van der Waals surface area contributed by atoms with Crippen LogP contribution in [0.15, 0.2) is 18.3 Å². The van der Waals surface area contributed by atoms with Gasteiger partial charge in [-0.2, -0.15) is 0 Å². The molecule has 1 saturated carbocycles. The van der Waals surface area contributed by atoms with E-state index in [0.29, 0.717) is 12.1 Å². The fourth-order valence-corrected chi connectivity index (χ4v) is 3.27. The third-order valence-electron chi connectivity index (χ3n) is 4.42. The third kappa shape index (κ3) is 2.68. The van der Waals surface area contributed by atoms with Gasteiger partial charge >= 0.3 is 0 Å². The second-order valence-corrected chi connectivity index (χ2v) is 6.03. The molecule has 2 aliphatic rings. The highest BCUT2D eigenvalue weighted by Gasteiger charge is 2.28. The summed E-state index contributed by atoms with van der Waals surface area (Å²) in [4.78, 5) is 12.3. The summed E-state index contributed by atoms with van der Waals surface area (Å²) in [5, 5.41) is 6.52. The van der Waals surface area contributed by atoms with Crippen LogP contribution < -0.4 is 10.6 Å². The normalized spacial score (nSPS) is 27.8. The van der Waals surface area contributed by atoms with E-state index >= 15 is 0 Å². The predicted molar refractivity (Wildman–Crippen MR) is 75.2 cm³/mol. The lowest BCUT2D eigenvalue weighted by Gasteiger charge is -2.33. The Labute approximate surface area is 114 Å². The second-order valence-electron chi connectivity index (χ2n) is 6.03. The molecule has 0 aromatic carbocycles. The zero-order valence-corrected chi connectivity index (χ0v) is 11.6. The van der Waals surface area contributed by atoms with Crippen molar-refractivity contribution in [2.75, 3.05) is 13.1 Å². The maximum absolute atomic E-state index is 12.3. The monoisotopic (exact) mass is 261 g/mol. The van der Waals surface area contributed by atoms with Crippen molar-refractivity contribution in [3.05, 3.63) is 24.0 Å². The molecule has 1 amide bonds. The molecule has 104 valence electrons. The van der Waals surface area contributed by atoms with Gasteiger partial charge in [-0.3, -0.25) is 4.79 Å². The topological polar surface area (TPSA) is 46.1 Å². The van der Waals surface area contributed by atoms with E-state index in [9.17, 15) is 4.79 Å². The van der Waals surface area contributed by atoms with Gasteiger partial charge in [-0.15, -0.1) is 0 Å². The van der Waals surface area contributed by atoms with E-state index in [4.69, 9.17) is 0 Å². The molecule has 0 bridgehead atoms. The molecule has 3 rings (SSSR count). The van der Waals surface area contributed by atoms with Crippen LogP contribution in [0.25, 0.3) is 0 Å². The predicted octanol–water partition coefficient (Wildman–Crippen LogP) is 1.94. The van der Waals surface area contributed by atoms with Crippen molar-refractivity contribution in [3.63, 3.8) is 0 Å². The van der Waals surface area contributed by atoms with Crippen molar-refractivity contribution >= 4 is 5.91 Å². The Morgan fingerprint density at radius 3 is 2.79 bits per heavy atom. The molecule has 2 heterocycles. The SMILES string of the molecule is CC1CC(NC(=O)c2cccn2C2CCNCC2)C1. The van der Waals surface area contributed by atoms with Crippen LogP contribution in [0.5, 0.6) is 0 Å². The van der Waals surface area contributed by atoms with Gasteiger partial charge in [-0.25, -0.2) is 0 Å². The smallest absolute Gasteiger partial charge is 0.268 e. The van der Waals surface area contributed by atoms with Gasteiger partial charge < -0.3 is 15.2 Å². The Kier molecular flexibility index (Phi) is 3.60. The molecule has 0 unspecified atom stereocenters. The highest BCUT2D eigenvalue weighted by molar-refractivity contribution is 5.93. The number of amides is 1. The van der Waals surface area contributed by atoms with Crippen LogP contribution in [-0.4, -0.2) is 29.6 Å². The van der Waals surface area contributed by atoms with Crippen LogP contribution in [-0.2, 0) is 0 Å². The number of hydrogen-bond donors (Lipinski definition) is 2. The van der Waals surface area contributed by atoms with Crippen molar-refractivity contribution in [3.8, 4) is 0 Å². The lowest BCUT2D eigenvalue weighted by atomic mass is 9.82. The van der Waals surface area contributed by atoms with Gasteiger partial charge in [-0.05, 0) is 56.8 Å². The van der Waals surface area contributed by atoms with Gasteiger partial charge in [0.15, 0.2) is 0 Å². The summed E-state index contributed by atoms with van der Waals surface area (Å²) < 4.78 is 2.16. The molecule has 4 nitrogen and oxygen atoms in total. The molecule has 0 atom stereocenters. The number of carbonyl (C=O) groups is 1. The Bertz CT molecular complexity index is 442. The summed E-state index contributed by atoms with van der Waals surface area (Å²) in [6, 6.07) is 4.79. The van der Waals surface area contributed by atoms with E-state index in [1.807, 2.05) is 18.3 Å². The molecule has 19 heavy (non-hydrogen) atoms. The Hall–Kier alpha value is -1.29. The second kappa shape index (κ2) is 5.37. The maximum atomic E-state index is 12.3. The summed E-state index contributed by atoms with van der Waals surface area (Å²) in [5.41, 5.74) is 0.825. The molecule has 4 heteroatoms. The Morgan fingerprint density at radius 1 is 1.37 bits per heavy atom. The highest BCUT2D eigenvalue weighted by Crippen LogP contribution is 2.27. The number of aromatic nitrogens is 1. The fourth-order valence-electron chi connectivity index (χ4n) is 3.27. The molecule has 2 fully saturated rings. The van der Waals surface area contributed by atoms with Gasteiger partial charge in [0, 0.05) is 18.3 Å². The van der Waals surface area contributed by atoms with E-state index in [2.05, 4.69) is 22.1 Å². The first-order chi connectivity index (χ1) is 9.24. The van der Waals surface area contributed by atoms with Gasteiger partial charge in [0.1, 0.15) is 5.69 Å². The number of nitrogens with zero attached hydrogens (tertiary/aromatic N) is 1. The molecule has 1 saturated heterocycles. The summed E-state index contributed by atoms with van der Waals surface area (Å²) in [7, 11) is 0. The van der Waals surface area contributed by atoms with Crippen molar-refractivity contribution in [1.82, 2.24) is 15.2 Å². The largest absolute Gasteiger partial charge is 0.348 e. The van der Waals surface area contributed by atoms with Gasteiger partial charge in [0.05, 0.1) is 0 Å². The van der Waals surface area contributed by atoms with E-state index in [-0.39, 0.29) is 5.91 Å². The van der Waals surface area contributed by atoms with Crippen LogP contribution in [0.2, 0.25) is 0 Å². The molecule has 0 radical (unpaired) electrons. The van der Waals surface area contributed by atoms with Crippen LogP contribution in [0.3, 0.4) is 0 Å². The summed E-state index contributed by atoms with van der Waals surface area (Å²) >= 11 is 0. The fraction of sp³-hybridized carbons (Fsp3) is 0.667. The minimum absolute atomic E-state index is 0.0976. The van der Waals surface area contributed by atoms with Crippen molar-refractivity contribution in [1.29, 1.82) is 0 Å². The summed E-state index contributed by atoms with van der Waals surface area (Å²) in [5.74, 6) is 0.863. The van der Waals surface area contributed by atoms with Gasteiger partial charge in [-0.1, -0.05) is 6.92 Å². The van der Waals surface area contributed by atoms with Crippen LogP contribution in [0.1, 0.15) is 49.1 Å². The Morgan fingerprint density at radius 2 is 2.11 bits per heavy atom. The highest BCUT2D eigenvalue weighted by atomic mass is 16.2. The number of rotatable bonds is 3. The number of nitrogens with one attached hydrogen (secondary N) is 2. The average Bonchev–Trinajstić information content (AvgIpc) is 2.87. The standard InChI is InChI=1S/C15H23N3O/c1-11-9-12(10-11)17-15(19)14-3-2-8-18(14)13-4-6-16-7-5-13/h2-3,8,11-13,16H,4-7,9-10H2,1H3,(H,17,19). The van der Waals surface area contributed by atoms with Crippen LogP contribution >= 0.6 is 0 Å². The zero-order chi connectivity index (χ0) is 13.2. The third-order valence-corrected chi connectivity index (χ3v) is 4.42. The molecule has 1 aliphatic heterocycles. The average molecular weight is 261 g/mol. The van der Waals surface area contributed by atoms with Crippen molar-refractivity contribution in [2.24, 2.45) is 5.92 Å². The van der Waals surface area contributed by atoms with Crippen molar-refractivity contribution < 1.29 is 4.79 Å². The number of piperidine rings is 1. The van der Waals surface area contributed by atoms with Crippen LogP contribution in [0, 0.1) is 5.92 Å². The summed E-state index contributed by atoms with van der Waals surface area (Å²) in [6.45, 7) is 4.33. The lowest BCUT2D eigenvalue weighted by molar-refractivity contribution is 0.0883. The van der Waals surface area contributed by atoms with Gasteiger partial charge in [0.2, 0.25) is 0 Å².